The SMILES string of the molecule is Nc1nc2ccc(-c3c(-c4ccc(F)cc4)nc4occn34)cc2n1Cc1ccccc1. The van der Waals surface area contributed by atoms with E-state index in [1.807, 2.05) is 45.5 Å². The Morgan fingerprint density at radius 2 is 1.69 bits per heavy atom. The zero-order chi connectivity index (χ0) is 21.7. The third-order valence-corrected chi connectivity index (χ3v) is 5.61. The molecule has 0 unspecified atom stereocenters. The summed E-state index contributed by atoms with van der Waals surface area (Å²) in [5, 5.41) is 0. The summed E-state index contributed by atoms with van der Waals surface area (Å²) in [5.74, 6) is 0.637. The van der Waals surface area contributed by atoms with Crippen LogP contribution in [0.2, 0.25) is 0 Å². The second kappa shape index (κ2) is 7.09. The van der Waals surface area contributed by atoms with Crippen LogP contribution in [0.3, 0.4) is 0 Å². The van der Waals surface area contributed by atoms with E-state index in [9.17, 15) is 4.39 Å². The van der Waals surface area contributed by atoms with E-state index in [1.165, 1.54) is 12.1 Å². The van der Waals surface area contributed by atoms with E-state index in [4.69, 9.17) is 10.2 Å². The molecule has 0 saturated heterocycles. The minimum Gasteiger partial charge on any atom is -0.432 e. The van der Waals surface area contributed by atoms with Crippen LogP contribution in [0.4, 0.5) is 10.3 Å². The Morgan fingerprint density at radius 1 is 0.906 bits per heavy atom. The maximum atomic E-state index is 13.5. The van der Waals surface area contributed by atoms with Gasteiger partial charge in [0.25, 0.3) is 0 Å². The standard InChI is InChI=1S/C25H18FN5O/c26-19-9-6-17(7-10-19)22-23(30-12-13-32-25(30)29-22)18-8-11-20-21(14-18)31(24(27)28-20)15-16-4-2-1-3-5-16/h1-14H,15H2,(H2,27,28). The van der Waals surface area contributed by atoms with Crippen molar-refractivity contribution in [3.8, 4) is 22.5 Å². The van der Waals surface area contributed by atoms with Gasteiger partial charge in [-0.05, 0) is 42.0 Å². The zero-order valence-electron chi connectivity index (χ0n) is 16.9. The fraction of sp³-hybridized carbons (Fsp3) is 0.0400. The summed E-state index contributed by atoms with van der Waals surface area (Å²) in [5.41, 5.74) is 12.4. The minimum absolute atomic E-state index is 0.292. The first-order valence-corrected chi connectivity index (χ1v) is 10.2. The van der Waals surface area contributed by atoms with Crippen molar-refractivity contribution in [2.75, 3.05) is 5.73 Å². The van der Waals surface area contributed by atoms with Gasteiger partial charge in [0.15, 0.2) is 0 Å². The largest absolute Gasteiger partial charge is 0.432 e. The second-order valence-corrected chi connectivity index (χ2v) is 7.62. The molecule has 0 aliphatic heterocycles. The maximum Gasteiger partial charge on any atom is 0.306 e. The predicted octanol–water partition coefficient (Wildman–Crippen LogP) is 5.38. The number of rotatable bonds is 4. The molecule has 0 saturated carbocycles. The predicted molar refractivity (Wildman–Crippen MR) is 122 cm³/mol. The fourth-order valence-corrected chi connectivity index (χ4v) is 4.09. The van der Waals surface area contributed by atoms with E-state index in [0.29, 0.717) is 24.0 Å². The number of hydrogen-bond donors (Lipinski definition) is 1. The number of nitrogens with zero attached hydrogens (tertiary/aromatic N) is 4. The van der Waals surface area contributed by atoms with Crippen LogP contribution >= 0.6 is 0 Å². The van der Waals surface area contributed by atoms with Crippen molar-refractivity contribution in [3.05, 3.63) is 96.6 Å². The van der Waals surface area contributed by atoms with Gasteiger partial charge < -0.3 is 14.7 Å². The molecule has 3 aromatic carbocycles. The first-order chi connectivity index (χ1) is 15.7. The maximum absolute atomic E-state index is 13.5. The second-order valence-electron chi connectivity index (χ2n) is 7.62. The van der Waals surface area contributed by atoms with Gasteiger partial charge in [0, 0.05) is 17.3 Å². The number of anilines is 1. The Hall–Kier alpha value is -4.39. The smallest absolute Gasteiger partial charge is 0.306 e. The monoisotopic (exact) mass is 423 g/mol. The van der Waals surface area contributed by atoms with Crippen molar-refractivity contribution in [2.24, 2.45) is 0 Å². The highest BCUT2D eigenvalue weighted by atomic mass is 19.1. The van der Waals surface area contributed by atoms with Crippen LogP contribution in [0.5, 0.6) is 0 Å². The van der Waals surface area contributed by atoms with E-state index in [-0.39, 0.29) is 5.82 Å². The van der Waals surface area contributed by atoms with Crippen molar-refractivity contribution >= 4 is 22.8 Å². The van der Waals surface area contributed by atoms with Crippen LogP contribution in [0.25, 0.3) is 39.4 Å². The molecular weight excluding hydrogens is 405 g/mol. The highest BCUT2D eigenvalue weighted by molar-refractivity contribution is 5.88. The van der Waals surface area contributed by atoms with Gasteiger partial charge in [0.05, 0.1) is 23.3 Å². The van der Waals surface area contributed by atoms with Gasteiger partial charge in [-0.15, -0.1) is 0 Å². The molecule has 0 spiro atoms. The van der Waals surface area contributed by atoms with Crippen molar-refractivity contribution in [1.29, 1.82) is 0 Å². The van der Waals surface area contributed by atoms with E-state index in [2.05, 4.69) is 28.2 Å². The molecule has 156 valence electrons. The third-order valence-electron chi connectivity index (χ3n) is 5.61. The molecule has 0 amide bonds. The number of imidazole rings is 2. The van der Waals surface area contributed by atoms with Gasteiger partial charge in [-0.3, -0.25) is 4.40 Å². The molecular formula is C25H18FN5O. The Balaban J connectivity index is 1.54. The van der Waals surface area contributed by atoms with Crippen LogP contribution in [-0.2, 0) is 6.54 Å². The normalized spacial score (nSPS) is 11.5. The Bertz CT molecular complexity index is 1560. The van der Waals surface area contributed by atoms with Crippen molar-refractivity contribution < 1.29 is 8.81 Å². The highest BCUT2D eigenvalue weighted by Crippen LogP contribution is 2.35. The third kappa shape index (κ3) is 2.94. The Kier molecular flexibility index (Phi) is 4.07. The summed E-state index contributed by atoms with van der Waals surface area (Å²) in [7, 11) is 0. The first-order valence-electron chi connectivity index (χ1n) is 10.2. The number of hydrogen-bond acceptors (Lipinski definition) is 4. The highest BCUT2D eigenvalue weighted by Gasteiger charge is 2.19. The molecule has 0 radical (unpaired) electrons. The average Bonchev–Trinajstić information content (AvgIpc) is 3.48. The molecule has 3 heterocycles. The van der Waals surface area contributed by atoms with Crippen LogP contribution in [0.1, 0.15) is 5.56 Å². The number of benzene rings is 3. The van der Waals surface area contributed by atoms with Crippen molar-refractivity contribution in [1.82, 2.24) is 18.9 Å². The quantitative estimate of drug-likeness (QED) is 0.413. The minimum atomic E-state index is -0.292. The summed E-state index contributed by atoms with van der Waals surface area (Å²) in [6.45, 7) is 0.616. The van der Waals surface area contributed by atoms with Gasteiger partial charge in [-0.1, -0.05) is 36.4 Å². The fourth-order valence-electron chi connectivity index (χ4n) is 4.09. The molecule has 7 heteroatoms. The molecule has 0 aliphatic rings. The first kappa shape index (κ1) is 18.4. The van der Waals surface area contributed by atoms with Crippen LogP contribution < -0.4 is 5.73 Å². The lowest BCUT2D eigenvalue weighted by molar-refractivity contribution is 0.596. The Labute approximate surface area is 182 Å². The summed E-state index contributed by atoms with van der Waals surface area (Å²) in [6.07, 6.45) is 3.42. The van der Waals surface area contributed by atoms with Gasteiger partial charge in [-0.25, -0.2) is 9.37 Å². The average molecular weight is 423 g/mol. The topological polar surface area (TPSA) is 74.3 Å². The van der Waals surface area contributed by atoms with Crippen molar-refractivity contribution in [3.63, 3.8) is 0 Å². The van der Waals surface area contributed by atoms with E-state index < -0.39 is 0 Å². The lowest BCUT2D eigenvalue weighted by atomic mass is 10.0. The summed E-state index contributed by atoms with van der Waals surface area (Å²) in [6, 6.07) is 22.4. The molecule has 0 bridgehead atoms. The molecule has 0 atom stereocenters. The van der Waals surface area contributed by atoms with Gasteiger partial charge >= 0.3 is 5.84 Å². The van der Waals surface area contributed by atoms with E-state index in [1.54, 1.807) is 18.4 Å². The van der Waals surface area contributed by atoms with E-state index >= 15 is 0 Å². The Morgan fingerprint density at radius 3 is 2.50 bits per heavy atom. The van der Waals surface area contributed by atoms with Crippen LogP contribution in [0.15, 0.2) is 89.7 Å². The zero-order valence-corrected chi connectivity index (χ0v) is 16.9. The van der Waals surface area contributed by atoms with Gasteiger partial charge in [0.2, 0.25) is 5.95 Å². The number of oxazole rings is 1. The van der Waals surface area contributed by atoms with Gasteiger partial charge in [0.1, 0.15) is 17.8 Å². The lowest BCUT2D eigenvalue weighted by Crippen LogP contribution is -2.04. The molecule has 6 aromatic rings. The molecule has 0 fully saturated rings. The molecule has 2 N–H and O–H groups in total. The lowest BCUT2D eigenvalue weighted by Gasteiger charge is -2.09. The van der Waals surface area contributed by atoms with Crippen molar-refractivity contribution in [2.45, 2.75) is 6.54 Å². The summed E-state index contributed by atoms with van der Waals surface area (Å²) in [4.78, 5) is 9.18. The number of aromatic nitrogens is 4. The van der Waals surface area contributed by atoms with Crippen LogP contribution in [-0.4, -0.2) is 18.9 Å². The summed E-state index contributed by atoms with van der Waals surface area (Å²) >= 11 is 0. The number of nitrogen functional groups attached to an aromatic ring is 1. The molecule has 6 rings (SSSR count). The van der Waals surface area contributed by atoms with E-state index in [0.717, 1.165) is 33.4 Å². The number of halogens is 1. The molecule has 32 heavy (non-hydrogen) atoms. The van der Waals surface area contributed by atoms with Gasteiger partial charge in [-0.2, -0.15) is 4.98 Å². The molecule has 0 aliphatic carbocycles. The van der Waals surface area contributed by atoms with Crippen LogP contribution in [0, 0.1) is 5.82 Å². The molecule has 6 nitrogen and oxygen atoms in total. The number of fused-ring (bicyclic) bond motifs is 2. The molecule has 3 aromatic heterocycles. The summed E-state index contributed by atoms with van der Waals surface area (Å²) < 4.78 is 22.9. The number of nitrogens with two attached hydrogens (primary N) is 1.